The van der Waals surface area contributed by atoms with Crippen LogP contribution in [0.5, 0.6) is 11.5 Å². The van der Waals surface area contributed by atoms with Crippen molar-refractivity contribution in [2.45, 2.75) is 0 Å². The first-order chi connectivity index (χ1) is 24.8. The predicted molar refractivity (Wildman–Crippen MR) is 209 cm³/mol. The summed E-state index contributed by atoms with van der Waals surface area (Å²) in [6.07, 6.45) is 11.0. The van der Waals surface area contributed by atoms with Crippen molar-refractivity contribution < 1.29 is 18.9 Å². The second-order valence-corrected chi connectivity index (χ2v) is 13.6. The van der Waals surface area contributed by atoms with Crippen LogP contribution in [0.15, 0.2) is 87.4 Å². The van der Waals surface area contributed by atoms with Gasteiger partial charge < -0.3 is 48.6 Å². The van der Waals surface area contributed by atoms with Gasteiger partial charge in [-0.05, 0) is 72.1 Å². The molecular weight excluding hydrogens is 852 g/mol. The van der Waals surface area contributed by atoms with E-state index < -0.39 is 0 Å². The van der Waals surface area contributed by atoms with E-state index in [-0.39, 0.29) is 0 Å². The van der Waals surface area contributed by atoms with Gasteiger partial charge in [-0.1, -0.05) is 0 Å². The Kier molecular flexibility index (Phi) is 12.5. The molecule has 0 saturated carbocycles. The first-order valence-electron chi connectivity index (χ1n) is 16.0. The zero-order valence-electron chi connectivity index (χ0n) is 28.0. The van der Waals surface area contributed by atoms with Crippen molar-refractivity contribution in [3.05, 3.63) is 87.4 Å². The number of imidazole rings is 2. The van der Waals surface area contributed by atoms with E-state index in [0.29, 0.717) is 5.82 Å². The number of nitrogens with two attached hydrogens (primary N) is 1. The summed E-state index contributed by atoms with van der Waals surface area (Å²) in [7, 11) is 3.35. The molecule has 0 atom stereocenters. The summed E-state index contributed by atoms with van der Waals surface area (Å²) in [6, 6.07) is 11.8. The predicted octanol–water partition coefficient (Wildman–Crippen LogP) is 6.45. The van der Waals surface area contributed by atoms with Crippen LogP contribution in [0.2, 0.25) is 0 Å². The van der Waals surface area contributed by atoms with E-state index in [1.807, 2.05) is 63.9 Å². The summed E-state index contributed by atoms with van der Waals surface area (Å²) in [4.78, 5) is 21.6. The summed E-state index contributed by atoms with van der Waals surface area (Å²) in [6.45, 7) is 6.56. The summed E-state index contributed by atoms with van der Waals surface area (Å²) >= 11 is 10.0. The Hall–Kier alpha value is -4.16. The van der Waals surface area contributed by atoms with E-state index in [1.54, 1.807) is 26.6 Å². The number of nitrogen functional groups attached to an aromatic ring is 1. The van der Waals surface area contributed by atoms with Gasteiger partial charge in [-0.25, -0.2) is 19.9 Å². The van der Waals surface area contributed by atoms with Crippen LogP contribution >= 0.6 is 47.8 Å². The molecule has 14 nitrogen and oxygen atoms in total. The fourth-order valence-corrected chi connectivity index (χ4v) is 7.10. The monoisotopic (exact) mass is 886 g/mol. The third-order valence-corrected chi connectivity index (χ3v) is 9.29. The van der Waals surface area contributed by atoms with Crippen LogP contribution in [0, 0.1) is 0 Å². The topological polar surface area (TPSA) is 142 Å². The Bertz CT molecular complexity index is 2070. The molecule has 0 radical (unpaired) electrons. The van der Waals surface area contributed by atoms with Crippen molar-refractivity contribution in [1.29, 1.82) is 0 Å². The molecule has 6 aromatic rings. The smallest absolute Gasteiger partial charge is 0.180 e. The minimum absolute atomic E-state index is 0.681. The van der Waals surface area contributed by atoms with Crippen LogP contribution in [0.3, 0.4) is 0 Å². The molecule has 0 unspecified atom stereocenters. The number of nitrogens with zero attached hydrogens (tertiary/aromatic N) is 8. The maximum absolute atomic E-state index is 5.71. The van der Waals surface area contributed by atoms with Crippen molar-refractivity contribution in [1.82, 2.24) is 28.7 Å². The number of benzene rings is 2. The second kappa shape index (κ2) is 17.4. The highest BCUT2D eigenvalue weighted by Gasteiger charge is 2.17. The van der Waals surface area contributed by atoms with E-state index in [2.05, 4.69) is 88.9 Å². The number of rotatable bonds is 6. The summed E-state index contributed by atoms with van der Waals surface area (Å²) in [5.74, 6) is 2.33. The van der Waals surface area contributed by atoms with Crippen LogP contribution in [0.1, 0.15) is 0 Å². The highest BCUT2D eigenvalue weighted by molar-refractivity contribution is 9.11. The number of halogens is 3. The van der Waals surface area contributed by atoms with Gasteiger partial charge in [0.2, 0.25) is 0 Å². The maximum atomic E-state index is 5.71. The normalized spacial score (nSPS) is 14.4. The second-order valence-electron chi connectivity index (χ2n) is 11.2. The quantitative estimate of drug-likeness (QED) is 0.178. The Morgan fingerprint density at radius 1 is 0.706 bits per heavy atom. The lowest BCUT2D eigenvalue weighted by molar-refractivity contribution is 0.122. The van der Waals surface area contributed by atoms with Gasteiger partial charge in [0.15, 0.2) is 21.7 Å². The van der Waals surface area contributed by atoms with Crippen molar-refractivity contribution in [2.24, 2.45) is 0 Å². The molecule has 2 aromatic carbocycles. The first kappa shape index (κ1) is 36.6. The maximum Gasteiger partial charge on any atom is 0.180 e. The average Bonchev–Trinajstić information content (AvgIpc) is 3.83. The summed E-state index contributed by atoms with van der Waals surface area (Å²) < 4.78 is 27.7. The van der Waals surface area contributed by atoms with Gasteiger partial charge in [0.25, 0.3) is 0 Å². The number of methoxy groups -OCH3 is 2. The van der Waals surface area contributed by atoms with Gasteiger partial charge in [0, 0.05) is 86.9 Å². The van der Waals surface area contributed by atoms with Crippen LogP contribution in [-0.2, 0) is 9.47 Å². The number of hydrogen-bond acceptors (Lipinski definition) is 12. The van der Waals surface area contributed by atoms with Gasteiger partial charge in [-0.2, -0.15) is 0 Å². The van der Waals surface area contributed by atoms with Crippen molar-refractivity contribution >= 4 is 87.7 Å². The van der Waals surface area contributed by atoms with Gasteiger partial charge in [0.05, 0.1) is 52.0 Å². The molecule has 2 saturated heterocycles. The van der Waals surface area contributed by atoms with E-state index in [1.165, 1.54) is 0 Å². The van der Waals surface area contributed by atoms with Crippen LogP contribution in [0.25, 0.3) is 11.3 Å². The minimum atomic E-state index is 0.681. The SMILES string of the molecule is Brc1cn2ccnc2c(Br)n1.COc1cc(N)ccc1N1CCOCC1.COc1cc(Nc2nc(Br)cn3ccnc23)ccc1N1CCOCC1. The van der Waals surface area contributed by atoms with Gasteiger partial charge in [-0.15, -0.1) is 0 Å². The fraction of sp³-hybridized carbons (Fsp3) is 0.294. The number of morpholine rings is 2. The molecule has 268 valence electrons. The number of fused-ring (bicyclic) bond motifs is 2. The lowest BCUT2D eigenvalue weighted by Gasteiger charge is -2.30. The Labute approximate surface area is 320 Å². The molecule has 0 aliphatic carbocycles. The van der Waals surface area contributed by atoms with Crippen LogP contribution in [-0.4, -0.2) is 95.6 Å². The molecule has 0 amide bonds. The third kappa shape index (κ3) is 9.20. The molecular formula is C34H37Br3N10O4. The lowest BCUT2D eigenvalue weighted by atomic mass is 10.2. The molecule has 8 rings (SSSR count). The van der Waals surface area contributed by atoms with Crippen molar-refractivity contribution in [3.63, 3.8) is 0 Å². The van der Waals surface area contributed by atoms with E-state index in [0.717, 1.165) is 112 Å². The van der Waals surface area contributed by atoms with E-state index in [9.17, 15) is 0 Å². The highest BCUT2D eigenvalue weighted by Crippen LogP contribution is 2.34. The molecule has 17 heteroatoms. The van der Waals surface area contributed by atoms with Gasteiger partial charge >= 0.3 is 0 Å². The highest BCUT2D eigenvalue weighted by atomic mass is 79.9. The molecule has 0 bridgehead atoms. The molecule has 2 fully saturated rings. The summed E-state index contributed by atoms with van der Waals surface area (Å²) in [5.41, 5.74) is 11.1. The Morgan fingerprint density at radius 2 is 1.24 bits per heavy atom. The minimum Gasteiger partial charge on any atom is -0.495 e. The van der Waals surface area contributed by atoms with Gasteiger partial charge in [0.1, 0.15) is 20.7 Å². The van der Waals surface area contributed by atoms with E-state index >= 15 is 0 Å². The molecule has 2 aliphatic heterocycles. The lowest BCUT2D eigenvalue weighted by Crippen LogP contribution is -2.36. The van der Waals surface area contributed by atoms with Gasteiger partial charge in [-0.3, -0.25) is 0 Å². The first-order valence-corrected chi connectivity index (χ1v) is 18.4. The Balaban J connectivity index is 0.000000146. The average molecular weight is 889 g/mol. The third-order valence-electron chi connectivity index (χ3n) is 8.00. The number of aromatic nitrogens is 6. The zero-order chi connectivity index (χ0) is 35.7. The van der Waals surface area contributed by atoms with E-state index in [4.69, 9.17) is 24.7 Å². The van der Waals surface area contributed by atoms with Crippen molar-refractivity contribution in [2.75, 3.05) is 87.7 Å². The number of anilines is 5. The number of ether oxygens (including phenoxy) is 4. The molecule has 4 aromatic heterocycles. The largest absolute Gasteiger partial charge is 0.495 e. The standard InChI is InChI=1S/C17H18BrN5O2.C11H16N2O2.C6H3Br2N3/c1-24-14-10-12(2-3-13(14)22-6-8-25-9-7-22)20-16-17-19-4-5-23(17)11-15(18)21-16;1-14-11-8-9(12)2-3-10(11)13-4-6-15-7-5-13;7-4-3-11-2-1-9-6(11)5(8)10-4/h2-5,10-11H,6-9H2,1H3,(H,20,21);2-3,8H,4-7,12H2,1H3;1-3H. The number of hydrogen-bond donors (Lipinski definition) is 2. The molecule has 51 heavy (non-hydrogen) atoms. The molecule has 6 heterocycles. The van der Waals surface area contributed by atoms with Crippen LogP contribution in [0.4, 0.5) is 28.6 Å². The fourth-order valence-electron chi connectivity index (χ4n) is 5.57. The number of nitrogens with one attached hydrogen (secondary N) is 1. The van der Waals surface area contributed by atoms with Crippen LogP contribution < -0.4 is 30.3 Å². The molecule has 0 spiro atoms. The molecule has 2 aliphatic rings. The summed E-state index contributed by atoms with van der Waals surface area (Å²) in [5, 5.41) is 3.33. The zero-order valence-corrected chi connectivity index (χ0v) is 32.8. The van der Waals surface area contributed by atoms with Crippen molar-refractivity contribution in [3.8, 4) is 11.5 Å². The molecule has 3 N–H and O–H groups in total. The Morgan fingerprint density at radius 3 is 1.84 bits per heavy atom.